The first kappa shape index (κ1) is 70.3. The first-order chi connectivity index (χ1) is 37.0. The molecule has 6 nitrogen and oxygen atoms in total. The summed E-state index contributed by atoms with van der Waals surface area (Å²) in [5.74, 6) is -0.958. The number of rotatable bonds is 53. The fourth-order valence-corrected chi connectivity index (χ4v) is 7.82. The highest BCUT2D eigenvalue weighted by atomic mass is 16.6. The molecule has 0 saturated heterocycles. The van der Waals surface area contributed by atoms with Gasteiger partial charge in [-0.15, -0.1) is 0 Å². The lowest BCUT2D eigenvalue weighted by Crippen LogP contribution is -2.30. The Balaban J connectivity index is 4.40. The normalized spacial score (nSPS) is 13.2. The molecule has 0 aromatic heterocycles. The monoisotopic (exact) mass is 1030 g/mol. The van der Waals surface area contributed by atoms with Crippen LogP contribution >= 0.6 is 0 Å². The molecule has 0 rings (SSSR count). The molecule has 1 atom stereocenters. The van der Waals surface area contributed by atoms with Gasteiger partial charge in [0.1, 0.15) is 13.2 Å². The van der Waals surface area contributed by atoms with Crippen LogP contribution in [-0.2, 0) is 28.6 Å². The third-order valence-corrected chi connectivity index (χ3v) is 12.3. The van der Waals surface area contributed by atoms with Crippen molar-refractivity contribution in [2.24, 2.45) is 0 Å². The van der Waals surface area contributed by atoms with Crippen molar-refractivity contribution in [2.45, 2.75) is 258 Å². The molecule has 0 N–H and O–H groups in total. The van der Waals surface area contributed by atoms with Gasteiger partial charge in [-0.3, -0.25) is 14.4 Å². The molecule has 0 aliphatic rings. The van der Waals surface area contributed by atoms with Crippen molar-refractivity contribution in [3.63, 3.8) is 0 Å². The maximum absolute atomic E-state index is 12.9. The zero-order chi connectivity index (χ0) is 54.3. The molecule has 1 unspecified atom stereocenters. The van der Waals surface area contributed by atoms with Gasteiger partial charge in [0, 0.05) is 19.3 Å². The first-order valence-corrected chi connectivity index (χ1v) is 30.3. The minimum atomic E-state index is -0.808. The van der Waals surface area contributed by atoms with E-state index in [1.807, 2.05) is 0 Å². The number of hydrogen-bond donors (Lipinski definition) is 0. The second kappa shape index (κ2) is 61.8. The second-order valence-electron chi connectivity index (χ2n) is 19.5. The third-order valence-electron chi connectivity index (χ3n) is 12.3. The van der Waals surface area contributed by atoms with Crippen LogP contribution < -0.4 is 0 Å². The van der Waals surface area contributed by atoms with Gasteiger partial charge in [-0.25, -0.2) is 0 Å². The van der Waals surface area contributed by atoms with E-state index in [2.05, 4.69) is 167 Å². The van der Waals surface area contributed by atoms with Crippen LogP contribution in [0.25, 0.3) is 0 Å². The van der Waals surface area contributed by atoms with Crippen molar-refractivity contribution in [3.8, 4) is 0 Å². The predicted molar refractivity (Wildman–Crippen MR) is 325 cm³/mol. The molecular formula is C69H110O6. The van der Waals surface area contributed by atoms with Crippen LogP contribution in [0.4, 0.5) is 0 Å². The van der Waals surface area contributed by atoms with Gasteiger partial charge < -0.3 is 14.2 Å². The lowest BCUT2D eigenvalue weighted by molar-refractivity contribution is -0.167. The van der Waals surface area contributed by atoms with E-state index < -0.39 is 6.10 Å². The van der Waals surface area contributed by atoms with Crippen LogP contribution in [-0.4, -0.2) is 37.2 Å². The SMILES string of the molecule is CC/C=C\C/C=C\C/C=C\C/C=C\C/C=C\C/C=C\C/C=C\C/C=C\CCCCCCC(=O)OCC(COC(=O)CCCCCCC/C=C\CCCCCC)OC(=O)CCCCCCC/C=C\C/C=C\C/C=C\CC. The first-order valence-electron chi connectivity index (χ1n) is 30.3. The lowest BCUT2D eigenvalue weighted by atomic mass is 10.1. The highest BCUT2D eigenvalue weighted by Gasteiger charge is 2.19. The summed E-state index contributed by atoms with van der Waals surface area (Å²) in [6, 6.07) is 0. The number of carbonyl (C=O) groups excluding carboxylic acids is 3. The van der Waals surface area contributed by atoms with Gasteiger partial charge in [0.2, 0.25) is 0 Å². The molecular weight excluding hydrogens is 925 g/mol. The van der Waals surface area contributed by atoms with Crippen molar-refractivity contribution in [2.75, 3.05) is 13.2 Å². The topological polar surface area (TPSA) is 78.9 Å². The molecule has 0 aromatic carbocycles. The highest BCUT2D eigenvalue weighted by Crippen LogP contribution is 2.13. The van der Waals surface area contributed by atoms with Crippen molar-refractivity contribution >= 4 is 17.9 Å². The minimum absolute atomic E-state index is 0.103. The molecule has 75 heavy (non-hydrogen) atoms. The van der Waals surface area contributed by atoms with Crippen LogP contribution in [0.3, 0.4) is 0 Å². The Kier molecular flexibility index (Phi) is 58.0. The molecule has 0 bridgehead atoms. The van der Waals surface area contributed by atoms with Crippen LogP contribution in [0.5, 0.6) is 0 Å². The van der Waals surface area contributed by atoms with E-state index in [9.17, 15) is 14.4 Å². The van der Waals surface area contributed by atoms with Crippen LogP contribution in [0, 0.1) is 0 Å². The van der Waals surface area contributed by atoms with Crippen molar-refractivity contribution in [3.05, 3.63) is 146 Å². The molecule has 6 heteroatoms. The Morgan fingerprint density at radius 2 is 0.520 bits per heavy atom. The van der Waals surface area contributed by atoms with E-state index in [0.717, 1.165) is 173 Å². The van der Waals surface area contributed by atoms with Crippen molar-refractivity contribution in [1.82, 2.24) is 0 Å². The second-order valence-corrected chi connectivity index (χ2v) is 19.5. The van der Waals surface area contributed by atoms with Gasteiger partial charge in [-0.05, 0) is 141 Å². The molecule has 0 radical (unpaired) electrons. The maximum Gasteiger partial charge on any atom is 0.306 e. The fraction of sp³-hybridized carbons (Fsp3) is 0.609. The summed E-state index contributed by atoms with van der Waals surface area (Å²) in [6.07, 6.45) is 88.4. The Morgan fingerprint density at radius 1 is 0.280 bits per heavy atom. The molecule has 0 amide bonds. The number of hydrogen-bond acceptors (Lipinski definition) is 6. The third kappa shape index (κ3) is 60.0. The average molecular weight is 1040 g/mol. The van der Waals surface area contributed by atoms with E-state index in [4.69, 9.17) is 14.2 Å². The summed E-state index contributed by atoms with van der Waals surface area (Å²) >= 11 is 0. The zero-order valence-corrected chi connectivity index (χ0v) is 48.3. The van der Waals surface area contributed by atoms with Crippen molar-refractivity contribution in [1.29, 1.82) is 0 Å². The zero-order valence-electron chi connectivity index (χ0n) is 48.3. The fourth-order valence-electron chi connectivity index (χ4n) is 7.82. The quantitative estimate of drug-likeness (QED) is 0.0261. The maximum atomic E-state index is 12.9. The van der Waals surface area contributed by atoms with E-state index in [1.54, 1.807) is 0 Å². The van der Waals surface area contributed by atoms with Crippen LogP contribution in [0.15, 0.2) is 146 Å². The van der Waals surface area contributed by atoms with E-state index >= 15 is 0 Å². The van der Waals surface area contributed by atoms with Gasteiger partial charge >= 0.3 is 17.9 Å². The van der Waals surface area contributed by atoms with E-state index in [-0.39, 0.29) is 31.1 Å². The minimum Gasteiger partial charge on any atom is -0.462 e. The average Bonchev–Trinajstić information content (AvgIpc) is 3.41. The number of ether oxygens (including phenoxy) is 3. The summed E-state index contributed by atoms with van der Waals surface area (Å²) in [5, 5.41) is 0. The van der Waals surface area contributed by atoms with Gasteiger partial charge in [0.15, 0.2) is 6.10 Å². The molecule has 0 fully saturated rings. The van der Waals surface area contributed by atoms with E-state index in [1.165, 1.54) is 38.5 Å². The summed E-state index contributed by atoms with van der Waals surface area (Å²) < 4.78 is 16.8. The Bertz CT molecular complexity index is 1660. The highest BCUT2D eigenvalue weighted by molar-refractivity contribution is 5.71. The van der Waals surface area contributed by atoms with Gasteiger partial charge in [-0.1, -0.05) is 237 Å². The summed E-state index contributed by atoms with van der Waals surface area (Å²) in [6.45, 7) is 6.35. The van der Waals surface area contributed by atoms with Gasteiger partial charge in [-0.2, -0.15) is 0 Å². The van der Waals surface area contributed by atoms with Crippen LogP contribution in [0.1, 0.15) is 252 Å². The summed E-state index contributed by atoms with van der Waals surface area (Å²) in [5.41, 5.74) is 0. The molecule has 0 aliphatic heterocycles. The van der Waals surface area contributed by atoms with E-state index in [0.29, 0.717) is 19.3 Å². The van der Waals surface area contributed by atoms with Crippen molar-refractivity contribution < 1.29 is 28.6 Å². The smallest absolute Gasteiger partial charge is 0.306 e. The number of esters is 3. The Labute approximate surface area is 461 Å². The lowest BCUT2D eigenvalue weighted by Gasteiger charge is -2.18. The summed E-state index contributed by atoms with van der Waals surface area (Å²) in [7, 11) is 0. The predicted octanol–water partition coefficient (Wildman–Crippen LogP) is 20.8. The number of unbranched alkanes of at least 4 members (excludes halogenated alkanes) is 18. The Morgan fingerprint density at radius 3 is 0.827 bits per heavy atom. The Hall–Kier alpha value is -4.71. The summed E-state index contributed by atoms with van der Waals surface area (Å²) in [4.78, 5) is 38.2. The molecule has 0 aromatic rings. The largest absolute Gasteiger partial charge is 0.462 e. The number of allylic oxidation sites excluding steroid dienone is 24. The van der Waals surface area contributed by atoms with Crippen LogP contribution in [0.2, 0.25) is 0 Å². The molecule has 0 spiro atoms. The molecule has 0 saturated carbocycles. The standard InChI is InChI=1S/C69H110O6/c1-4-7-10-13-16-19-22-25-27-28-29-30-31-32-33-34-35-36-37-38-39-40-42-44-47-50-53-56-59-62-68(71)74-65-66(64-73-67(70)61-58-55-52-49-46-43-24-21-18-15-12-9-6-3)75-69(72)63-60-57-54-51-48-45-41-26-23-20-17-14-11-8-5-2/h7-8,10-11,16-17,19-21,24-27,29-30,32-33,35-36,38-39,41-42,44,66H,4-6,9,12-15,18,22-23,28,31,34,37,40,43,45-65H2,1-3H3/b10-7-,11-8-,19-16-,20-17-,24-21-,27-25-,30-29-,33-32-,36-35-,39-38-,41-26-,44-42-. The van der Waals surface area contributed by atoms with Gasteiger partial charge in [0.25, 0.3) is 0 Å². The molecule has 0 aliphatic carbocycles. The number of carbonyl (C=O) groups is 3. The van der Waals surface area contributed by atoms with Gasteiger partial charge in [0.05, 0.1) is 0 Å². The molecule has 0 heterocycles. The molecule has 422 valence electrons.